The molecule has 2 aromatic rings. The fourth-order valence-electron chi connectivity index (χ4n) is 1.59. The van der Waals surface area contributed by atoms with Gasteiger partial charge in [0.15, 0.2) is 0 Å². The van der Waals surface area contributed by atoms with Crippen LogP contribution in [0.4, 0.5) is 17.2 Å². The molecule has 106 valence electrons. The Bertz CT molecular complexity index is 662. The van der Waals surface area contributed by atoms with Crippen molar-refractivity contribution in [2.24, 2.45) is 0 Å². The predicted molar refractivity (Wildman–Crippen MR) is 92.8 cm³/mol. The van der Waals surface area contributed by atoms with Crippen LogP contribution >= 0.6 is 47.8 Å². The number of halogens is 3. The van der Waals surface area contributed by atoms with E-state index in [1.54, 1.807) is 13.3 Å². The maximum absolute atomic E-state index is 5.82. The standard InChI is InChI=1S/C13H12Br3N3O/c1-6-9(17)5-18-13(12(6)16)19-10-4-11(20-2)8(15)3-7(10)14/h3-5H,17H2,1-2H3,(H,18,19). The lowest BCUT2D eigenvalue weighted by molar-refractivity contribution is 0.412. The van der Waals surface area contributed by atoms with Gasteiger partial charge in [0.2, 0.25) is 0 Å². The summed E-state index contributed by atoms with van der Waals surface area (Å²) >= 11 is 10.5. The topological polar surface area (TPSA) is 60.2 Å². The average Bonchev–Trinajstić information content (AvgIpc) is 2.42. The van der Waals surface area contributed by atoms with Crippen LogP contribution in [0.5, 0.6) is 5.75 Å². The third kappa shape index (κ3) is 3.10. The second-order valence-electron chi connectivity index (χ2n) is 4.09. The van der Waals surface area contributed by atoms with Crippen LogP contribution in [0, 0.1) is 6.92 Å². The molecule has 3 N–H and O–H groups in total. The molecule has 1 aromatic heterocycles. The van der Waals surface area contributed by atoms with Gasteiger partial charge in [-0.3, -0.25) is 0 Å². The number of pyridine rings is 1. The Hall–Kier alpha value is -0.790. The SMILES string of the molecule is COc1cc(Nc2ncc(N)c(C)c2Br)c(Br)cc1Br. The van der Waals surface area contributed by atoms with Crippen LogP contribution in [0.1, 0.15) is 5.56 Å². The summed E-state index contributed by atoms with van der Waals surface area (Å²) < 4.78 is 7.90. The third-order valence-electron chi connectivity index (χ3n) is 2.80. The van der Waals surface area contributed by atoms with Gasteiger partial charge in [-0.2, -0.15) is 0 Å². The van der Waals surface area contributed by atoms with Gasteiger partial charge < -0.3 is 15.8 Å². The molecule has 0 unspecified atom stereocenters. The van der Waals surface area contributed by atoms with E-state index in [-0.39, 0.29) is 0 Å². The van der Waals surface area contributed by atoms with Crippen molar-refractivity contribution in [3.8, 4) is 5.75 Å². The van der Waals surface area contributed by atoms with Gasteiger partial charge in [-0.05, 0) is 66.3 Å². The van der Waals surface area contributed by atoms with E-state index in [4.69, 9.17) is 10.5 Å². The lowest BCUT2D eigenvalue weighted by Crippen LogP contribution is -2.00. The van der Waals surface area contributed by atoms with Crippen LogP contribution in [0.25, 0.3) is 0 Å². The number of benzene rings is 1. The van der Waals surface area contributed by atoms with E-state index in [0.29, 0.717) is 11.5 Å². The number of aromatic nitrogens is 1. The van der Waals surface area contributed by atoms with Crippen LogP contribution in [-0.4, -0.2) is 12.1 Å². The number of anilines is 3. The zero-order valence-corrected chi connectivity index (χ0v) is 15.6. The maximum Gasteiger partial charge on any atom is 0.145 e. The summed E-state index contributed by atoms with van der Waals surface area (Å²) in [6.07, 6.45) is 1.63. The third-order valence-corrected chi connectivity index (χ3v) is 5.04. The molecule has 2 rings (SSSR count). The molecule has 7 heteroatoms. The van der Waals surface area contributed by atoms with Gasteiger partial charge in [0, 0.05) is 10.5 Å². The summed E-state index contributed by atoms with van der Waals surface area (Å²) in [5, 5.41) is 3.25. The normalized spacial score (nSPS) is 10.4. The monoisotopic (exact) mass is 463 g/mol. The van der Waals surface area contributed by atoms with Gasteiger partial charge >= 0.3 is 0 Å². The van der Waals surface area contributed by atoms with E-state index in [1.807, 2.05) is 19.1 Å². The number of rotatable bonds is 3. The zero-order chi connectivity index (χ0) is 14.9. The Balaban J connectivity index is 2.42. The first kappa shape index (κ1) is 15.6. The average molecular weight is 466 g/mol. The van der Waals surface area contributed by atoms with Crippen LogP contribution in [-0.2, 0) is 0 Å². The second kappa shape index (κ2) is 6.32. The van der Waals surface area contributed by atoms with E-state index in [1.165, 1.54) is 0 Å². The molecule has 0 bridgehead atoms. The van der Waals surface area contributed by atoms with Crippen molar-refractivity contribution >= 4 is 65.0 Å². The number of methoxy groups -OCH3 is 1. The van der Waals surface area contributed by atoms with Crippen molar-refractivity contribution in [3.05, 3.63) is 37.3 Å². The summed E-state index contributed by atoms with van der Waals surface area (Å²) in [7, 11) is 1.62. The fraction of sp³-hybridized carbons (Fsp3) is 0.154. The Labute approximate surface area is 142 Å². The first-order valence-corrected chi connectivity index (χ1v) is 8.02. The molecule has 0 aliphatic rings. The van der Waals surface area contributed by atoms with Crippen LogP contribution in [0.15, 0.2) is 31.7 Å². The predicted octanol–water partition coefficient (Wildman–Crippen LogP) is 5.01. The molecule has 0 amide bonds. The van der Waals surface area contributed by atoms with E-state index in [9.17, 15) is 0 Å². The lowest BCUT2D eigenvalue weighted by Gasteiger charge is -2.14. The highest BCUT2D eigenvalue weighted by Crippen LogP contribution is 2.37. The smallest absolute Gasteiger partial charge is 0.145 e. The van der Waals surface area contributed by atoms with E-state index >= 15 is 0 Å². The number of nitrogens with two attached hydrogens (primary N) is 1. The molecule has 1 heterocycles. The van der Waals surface area contributed by atoms with Crippen molar-refractivity contribution in [3.63, 3.8) is 0 Å². The number of ether oxygens (including phenoxy) is 1. The molecule has 0 saturated carbocycles. The van der Waals surface area contributed by atoms with Crippen molar-refractivity contribution in [1.29, 1.82) is 0 Å². The van der Waals surface area contributed by atoms with E-state index < -0.39 is 0 Å². The highest BCUT2D eigenvalue weighted by molar-refractivity contribution is 9.11. The number of nitrogens with zero attached hydrogens (tertiary/aromatic N) is 1. The molecule has 20 heavy (non-hydrogen) atoms. The minimum absolute atomic E-state index is 0.648. The van der Waals surface area contributed by atoms with E-state index in [2.05, 4.69) is 58.1 Å². The summed E-state index contributed by atoms with van der Waals surface area (Å²) in [5.41, 5.74) is 8.27. The van der Waals surface area contributed by atoms with E-state index in [0.717, 1.165) is 30.4 Å². The van der Waals surface area contributed by atoms with Crippen LogP contribution in [0.3, 0.4) is 0 Å². The van der Waals surface area contributed by atoms with Gasteiger partial charge in [0.05, 0.1) is 33.6 Å². The first-order valence-electron chi connectivity index (χ1n) is 5.64. The number of nitrogens with one attached hydrogen (secondary N) is 1. The molecular weight excluding hydrogens is 454 g/mol. The second-order valence-corrected chi connectivity index (χ2v) is 6.59. The Morgan fingerprint density at radius 1 is 1.20 bits per heavy atom. The largest absolute Gasteiger partial charge is 0.495 e. The summed E-state index contributed by atoms with van der Waals surface area (Å²) in [5.74, 6) is 1.43. The quantitative estimate of drug-likeness (QED) is 0.668. The molecule has 0 spiro atoms. The highest BCUT2D eigenvalue weighted by Gasteiger charge is 2.11. The summed E-state index contributed by atoms with van der Waals surface area (Å²) in [6, 6.07) is 3.80. The molecule has 0 saturated heterocycles. The molecule has 1 aromatic carbocycles. The molecule has 4 nitrogen and oxygen atoms in total. The van der Waals surface area contributed by atoms with Gasteiger partial charge in [-0.25, -0.2) is 4.98 Å². The Morgan fingerprint density at radius 2 is 1.90 bits per heavy atom. The minimum atomic E-state index is 0.648. The summed E-state index contributed by atoms with van der Waals surface area (Å²) in [4.78, 5) is 4.30. The number of hydrogen-bond acceptors (Lipinski definition) is 4. The zero-order valence-electron chi connectivity index (χ0n) is 10.8. The van der Waals surface area contributed by atoms with Crippen molar-refractivity contribution in [2.45, 2.75) is 6.92 Å². The maximum atomic E-state index is 5.82. The number of hydrogen-bond donors (Lipinski definition) is 2. The molecule has 0 fully saturated rings. The number of nitrogen functional groups attached to an aromatic ring is 1. The molecular formula is C13H12Br3N3O. The van der Waals surface area contributed by atoms with Gasteiger partial charge in [-0.1, -0.05) is 0 Å². The fourth-order valence-corrected chi connectivity index (χ4v) is 3.27. The minimum Gasteiger partial charge on any atom is -0.495 e. The molecule has 0 aliphatic carbocycles. The van der Waals surface area contributed by atoms with Crippen molar-refractivity contribution in [1.82, 2.24) is 4.98 Å². The Kier molecular flexibility index (Phi) is 4.93. The summed E-state index contributed by atoms with van der Waals surface area (Å²) in [6.45, 7) is 1.93. The lowest BCUT2D eigenvalue weighted by atomic mass is 10.2. The first-order chi connectivity index (χ1) is 9.43. The van der Waals surface area contributed by atoms with Crippen molar-refractivity contribution < 1.29 is 4.74 Å². The van der Waals surface area contributed by atoms with Gasteiger partial charge in [0.1, 0.15) is 11.6 Å². The highest BCUT2D eigenvalue weighted by atomic mass is 79.9. The van der Waals surface area contributed by atoms with Gasteiger partial charge in [-0.15, -0.1) is 0 Å². The molecule has 0 atom stereocenters. The molecule has 0 aliphatic heterocycles. The van der Waals surface area contributed by atoms with Gasteiger partial charge in [0.25, 0.3) is 0 Å². The van der Waals surface area contributed by atoms with Crippen molar-refractivity contribution in [2.75, 3.05) is 18.2 Å². The van der Waals surface area contributed by atoms with Crippen LogP contribution < -0.4 is 15.8 Å². The Morgan fingerprint density at radius 3 is 2.55 bits per heavy atom. The van der Waals surface area contributed by atoms with Crippen LogP contribution in [0.2, 0.25) is 0 Å². The molecule has 0 radical (unpaired) electrons.